The molecule has 0 bridgehead atoms. The van der Waals surface area contributed by atoms with Crippen LogP contribution in [0.1, 0.15) is 35.4 Å². The van der Waals surface area contributed by atoms with E-state index in [2.05, 4.69) is 55.7 Å². The summed E-state index contributed by atoms with van der Waals surface area (Å²) in [6, 6.07) is 11.8. The van der Waals surface area contributed by atoms with E-state index in [9.17, 15) is 9.83 Å². The maximum absolute atomic E-state index is 12.4. The Morgan fingerprint density at radius 3 is 2.89 bits per heavy atom. The van der Waals surface area contributed by atoms with Crippen molar-refractivity contribution in [2.24, 2.45) is 0 Å². The van der Waals surface area contributed by atoms with Gasteiger partial charge in [-0.2, -0.15) is 10.2 Å². The Hall–Kier alpha value is -2.92. The maximum Gasteiger partial charge on any atom is 0.229 e. The Kier molecular flexibility index (Phi) is 6.54. The Bertz CT molecular complexity index is 1370. The second kappa shape index (κ2) is 9.62. The molecule has 8 nitrogen and oxygen atoms in total. The molecule has 0 aliphatic carbocycles. The molecule has 10 heteroatoms. The number of thioether (sulfide) groups is 1. The van der Waals surface area contributed by atoms with E-state index < -0.39 is 7.14 Å². The number of nitrogens with zero attached hydrogens (tertiary/aromatic N) is 5. The fraction of sp³-hybridized carbons (Fsp3) is 0.360. The molecule has 4 heterocycles. The van der Waals surface area contributed by atoms with E-state index in [0.717, 1.165) is 24.5 Å². The minimum absolute atomic E-state index is 0.302. The zero-order valence-electron chi connectivity index (χ0n) is 20.1. The molecule has 1 aromatic carbocycles. The fourth-order valence-electron chi connectivity index (χ4n) is 4.70. The Labute approximate surface area is 210 Å². The van der Waals surface area contributed by atoms with E-state index in [1.807, 2.05) is 11.8 Å². The molecule has 0 fully saturated rings. The number of likely N-dealkylation sites (N-methyl/N-ethyl adjacent to an activating group) is 1. The predicted octanol–water partition coefficient (Wildman–Crippen LogP) is 4.89. The van der Waals surface area contributed by atoms with Crippen LogP contribution < -0.4 is 16.1 Å². The Morgan fingerprint density at radius 1 is 1.23 bits per heavy atom. The number of benzene rings is 1. The monoisotopic (exact) mass is 505 g/mol. The van der Waals surface area contributed by atoms with Gasteiger partial charge in [-0.25, -0.2) is 9.97 Å². The molecule has 1 atom stereocenters. The topological polar surface area (TPSA) is 107 Å². The van der Waals surface area contributed by atoms with Gasteiger partial charge in [0.25, 0.3) is 0 Å². The van der Waals surface area contributed by atoms with Gasteiger partial charge in [0.2, 0.25) is 5.95 Å². The summed E-state index contributed by atoms with van der Waals surface area (Å²) < 4.78 is 12.4. The van der Waals surface area contributed by atoms with Crippen molar-refractivity contribution in [3.8, 4) is 6.07 Å². The van der Waals surface area contributed by atoms with E-state index >= 15 is 0 Å². The highest BCUT2D eigenvalue weighted by Crippen LogP contribution is 2.43. The van der Waals surface area contributed by atoms with E-state index in [0.29, 0.717) is 34.5 Å². The minimum Gasteiger partial charge on any atom is -0.324 e. The van der Waals surface area contributed by atoms with Crippen molar-refractivity contribution in [2.75, 3.05) is 43.3 Å². The zero-order chi connectivity index (χ0) is 24.6. The minimum atomic E-state index is -2.52. The highest BCUT2D eigenvalue weighted by Gasteiger charge is 2.28. The normalized spacial score (nSPS) is 17.7. The van der Waals surface area contributed by atoms with Crippen LogP contribution in [-0.4, -0.2) is 52.5 Å². The largest absolute Gasteiger partial charge is 0.324 e. The van der Waals surface area contributed by atoms with Crippen molar-refractivity contribution >= 4 is 47.6 Å². The second-order valence-corrected chi connectivity index (χ2v) is 13.8. The van der Waals surface area contributed by atoms with Gasteiger partial charge in [0.1, 0.15) is 30.0 Å². The lowest BCUT2D eigenvalue weighted by Gasteiger charge is -2.33. The van der Waals surface area contributed by atoms with Crippen molar-refractivity contribution < 1.29 is 4.57 Å². The van der Waals surface area contributed by atoms with Gasteiger partial charge < -0.3 is 20.1 Å². The summed E-state index contributed by atoms with van der Waals surface area (Å²) in [4.78, 5) is 17.1. The summed E-state index contributed by atoms with van der Waals surface area (Å²) in [6.07, 6.45) is 3.96. The molecule has 5 rings (SSSR count). The summed E-state index contributed by atoms with van der Waals surface area (Å²) in [7, 11) is -0.334. The molecule has 0 saturated heterocycles. The predicted molar refractivity (Wildman–Crippen MR) is 142 cm³/mol. The molecule has 180 valence electrons. The molecule has 2 N–H and O–H groups in total. The standard InChI is InChI=1S/C25H28N7OPS/c1-32-14-16-6-5-9-35-20-11-19(10-17(15-32)23(16)20)28-25-27-13-18(12-26)24(31-25)30-21-7-4-8-22(29-21)34(2,3)33/h4,7-8,10-11,13,16H,5-6,9,14-15H2,1-3H3,(H2,27,28,29,30,31). The molecular weight excluding hydrogens is 477 g/mol. The van der Waals surface area contributed by atoms with Crippen LogP contribution in [0.25, 0.3) is 0 Å². The zero-order valence-corrected chi connectivity index (χ0v) is 21.8. The molecule has 0 amide bonds. The molecule has 2 aliphatic rings. The van der Waals surface area contributed by atoms with Crippen LogP contribution in [0.3, 0.4) is 0 Å². The lowest BCUT2D eigenvalue weighted by atomic mass is 9.86. The summed E-state index contributed by atoms with van der Waals surface area (Å²) in [5.74, 6) is 2.95. The molecular formula is C25H28N7OPS. The van der Waals surface area contributed by atoms with Crippen LogP contribution in [0.2, 0.25) is 0 Å². The van der Waals surface area contributed by atoms with E-state index in [1.54, 1.807) is 31.5 Å². The Morgan fingerprint density at radius 2 is 2.09 bits per heavy atom. The number of rotatable bonds is 5. The summed E-state index contributed by atoms with van der Waals surface area (Å²) in [6.45, 7) is 5.40. The first kappa shape index (κ1) is 23.8. The highest BCUT2D eigenvalue weighted by molar-refractivity contribution is 7.99. The number of hydrogen-bond acceptors (Lipinski definition) is 9. The number of aromatic nitrogens is 3. The third kappa shape index (κ3) is 5.20. The number of pyridine rings is 1. The number of anilines is 4. The lowest BCUT2D eigenvalue weighted by Crippen LogP contribution is -2.30. The van der Waals surface area contributed by atoms with E-state index in [-0.39, 0.29) is 0 Å². The first-order chi connectivity index (χ1) is 16.8. The molecule has 35 heavy (non-hydrogen) atoms. The van der Waals surface area contributed by atoms with Gasteiger partial charge in [0.15, 0.2) is 5.82 Å². The second-order valence-electron chi connectivity index (χ2n) is 9.48. The van der Waals surface area contributed by atoms with Crippen LogP contribution in [-0.2, 0) is 11.1 Å². The first-order valence-electron chi connectivity index (χ1n) is 11.6. The lowest BCUT2D eigenvalue weighted by molar-refractivity contribution is 0.272. The smallest absolute Gasteiger partial charge is 0.229 e. The quantitative estimate of drug-likeness (QED) is 0.469. The van der Waals surface area contributed by atoms with Crippen molar-refractivity contribution in [1.82, 2.24) is 19.9 Å². The summed E-state index contributed by atoms with van der Waals surface area (Å²) in [5.41, 5.74) is 4.63. The highest BCUT2D eigenvalue weighted by atomic mass is 32.2. The van der Waals surface area contributed by atoms with Gasteiger partial charge in [-0.05, 0) is 80.3 Å². The van der Waals surface area contributed by atoms with Crippen molar-refractivity contribution in [2.45, 2.75) is 30.2 Å². The van der Waals surface area contributed by atoms with Gasteiger partial charge >= 0.3 is 0 Å². The number of hydrogen-bond donors (Lipinski definition) is 2. The SMILES string of the molecule is CN1Cc2cc(Nc3ncc(C#N)c(Nc4cccc(P(C)(C)=O)n4)n3)cc3c2C(CCCS3)C1. The van der Waals surface area contributed by atoms with Crippen molar-refractivity contribution in [3.05, 3.63) is 53.2 Å². The number of nitriles is 1. The Balaban J connectivity index is 1.45. The first-order valence-corrected chi connectivity index (χ1v) is 15.2. The third-order valence-corrected chi connectivity index (χ3v) is 8.75. The van der Waals surface area contributed by atoms with Crippen LogP contribution in [0.15, 0.2) is 41.4 Å². The van der Waals surface area contributed by atoms with Crippen LogP contribution in [0.5, 0.6) is 0 Å². The van der Waals surface area contributed by atoms with Gasteiger partial charge in [-0.15, -0.1) is 11.8 Å². The van der Waals surface area contributed by atoms with Crippen LogP contribution in [0, 0.1) is 11.3 Å². The molecule has 1 unspecified atom stereocenters. The maximum atomic E-state index is 12.4. The third-order valence-electron chi connectivity index (χ3n) is 6.26. The average molecular weight is 506 g/mol. The van der Waals surface area contributed by atoms with Crippen molar-refractivity contribution in [3.63, 3.8) is 0 Å². The molecule has 0 radical (unpaired) electrons. The van der Waals surface area contributed by atoms with E-state index in [1.165, 1.54) is 35.1 Å². The van der Waals surface area contributed by atoms with Crippen LogP contribution in [0.4, 0.5) is 23.3 Å². The molecule has 2 aliphatic heterocycles. The fourth-order valence-corrected chi connectivity index (χ4v) is 6.69. The molecule has 0 saturated carbocycles. The number of nitrogens with one attached hydrogen (secondary N) is 2. The van der Waals surface area contributed by atoms with Crippen LogP contribution >= 0.6 is 18.9 Å². The summed E-state index contributed by atoms with van der Waals surface area (Å²) >= 11 is 1.93. The van der Waals surface area contributed by atoms with E-state index in [4.69, 9.17) is 0 Å². The van der Waals surface area contributed by atoms with Gasteiger partial charge in [0, 0.05) is 23.7 Å². The van der Waals surface area contributed by atoms with Gasteiger partial charge in [-0.3, -0.25) is 0 Å². The molecule has 3 aromatic rings. The molecule has 2 aromatic heterocycles. The van der Waals surface area contributed by atoms with Crippen molar-refractivity contribution in [1.29, 1.82) is 5.26 Å². The molecule has 0 spiro atoms. The van der Waals surface area contributed by atoms with Gasteiger partial charge in [0.05, 0.1) is 6.20 Å². The van der Waals surface area contributed by atoms with Gasteiger partial charge in [-0.1, -0.05) is 6.07 Å². The average Bonchev–Trinajstić information content (AvgIpc) is 3.01. The summed E-state index contributed by atoms with van der Waals surface area (Å²) in [5, 5.41) is 16.0.